The maximum atomic E-state index is 14.5. The number of nitrogens with one attached hydrogen (secondary N) is 4. The first kappa shape index (κ1) is 48.2. The lowest BCUT2D eigenvalue weighted by Crippen LogP contribution is -2.60. The molecule has 0 spiro atoms. The highest BCUT2D eigenvalue weighted by Crippen LogP contribution is 2.34. The van der Waals surface area contributed by atoms with E-state index in [0.29, 0.717) is 29.7 Å². The Morgan fingerprint density at radius 3 is 1.91 bits per heavy atom. The van der Waals surface area contributed by atoms with Gasteiger partial charge in [-0.25, -0.2) is 14.5 Å². The largest absolute Gasteiger partial charge is 0.467 e. The number of hydrogen-bond acceptors (Lipinski definition) is 12. The van der Waals surface area contributed by atoms with Crippen LogP contribution in [0.2, 0.25) is 0 Å². The Balaban J connectivity index is 2.43. The van der Waals surface area contributed by atoms with Crippen molar-refractivity contribution >= 4 is 47.4 Å². The third-order valence-electron chi connectivity index (χ3n) is 9.68. The number of hydrogen-bond donors (Lipinski definition) is 6. The van der Waals surface area contributed by atoms with Gasteiger partial charge in [-0.05, 0) is 71.3 Å². The van der Waals surface area contributed by atoms with E-state index in [1.54, 1.807) is 78.8 Å². The SMILES string of the molecule is COC(=O)C(NC(=O)[C@H](NC(=O)[C@@H]1CCCC1C(=O)C(Cc1ccccc1)NC(=O)[C@H](C)N(C(=O)OC(C)(C)C)C(=O)[C@H](C)NC(=O)[C@@H](N)CO)C(C)C)C(C)C. The van der Waals surface area contributed by atoms with Crippen LogP contribution in [0.4, 0.5) is 4.79 Å². The summed E-state index contributed by atoms with van der Waals surface area (Å²) in [4.78, 5) is 108. The van der Waals surface area contributed by atoms with Crippen LogP contribution in [-0.2, 0) is 49.5 Å². The van der Waals surface area contributed by atoms with Gasteiger partial charge in [-0.2, -0.15) is 0 Å². The van der Waals surface area contributed by atoms with Crippen LogP contribution in [0.3, 0.4) is 0 Å². The van der Waals surface area contributed by atoms with E-state index in [9.17, 15) is 43.5 Å². The number of benzene rings is 1. The van der Waals surface area contributed by atoms with Crippen molar-refractivity contribution in [3.8, 4) is 0 Å². The third-order valence-corrected chi connectivity index (χ3v) is 9.68. The number of Topliss-reactive ketones (excluding diaryl/α,β-unsaturated/α-hetero) is 1. The van der Waals surface area contributed by atoms with Crippen LogP contribution in [0.1, 0.15) is 87.1 Å². The Morgan fingerprint density at radius 2 is 1.39 bits per heavy atom. The zero-order chi connectivity index (χ0) is 43.4. The Labute approximate surface area is 334 Å². The van der Waals surface area contributed by atoms with Gasteiger partial charge in [-0.3, -0.25) is 28.8 Å². The number of nitrogens with zero attached hydrogens (tertiary/aromatic N) is 1. The first-order chi connectivity index (χ1) is 26.5. The first-order valence-electron chi connectivity index (χ1n) is 19.3. The monoisotopic (exact) mass is 802 g/mol. The average molecular weight is 803 g/mol. The normalized spacial score (nSPS) is 18.6. The second-order valence-electron chi connectivity index (χ2n) is 16.2. The van der Waals surface area contributed by atoms with Crippen molar-refractivity contribution in [1.82, 2.24) is 26.2 Å². The molecule has 17 heteroatoms. The molecule has 1 saturated carbocycles. The van der Waals surface area contributed by atoms with E-state index < -0.39 is 108 Å². The summed E-state index contributed by atoms with van der Waals surface area (Å²) >= 11 is 0. The van der Waals surface area contributed by atoms with Crippen molar-refractivity contribution in [2.45, 2.75) is 130 Å². The van der Waals surface area contributed by atoms with Gasteiger partial charge < -0.3 is 41.6 Å². The number of methoxy groups -OCH3 is 1. The third kappa shape index (κ3) is 13.9. The van der Waals surface area contributed by atoms with Crippen molar-refractivity contribution in [3.05, 3.63) is 35.9 Å². The highest BCUT2D eigenvalue weighted by molar-refractivity contribution is 6.03. The number of carbonyl (C=O) groups excluding carboxylic acids is 8. The Kier molecular flexibility index (Phi) is 18.3. The summed E-state index contributed by atoms with van der Waals surface area (Å²) in [6.07, 6.45) is -0.0118. The summed E-state index contributed by atoms with van der Waals surface area (Å²) in [7, 11) is 1.22. The minimum Gasteiger partial charge on any atom is -0.467 e. The lowest BCUT2D eigenvalue weighted by molar-refractivity contribution is -0.147. The molecule has 1 aliphatic rings. The maximum Gasteiger partial charge on any atom is 0.417 e. The summed E-state index contributed by atoms with van der Waals surface area (Å²) in [6, 6.07) is 1.34. The fraction of sp³-hybridized carbons (Fsp3) is 0.650. The standard InChI is InChI=1S/C40H62N6O11/c1-21(2)30(36(52)45-31(22(3)4)38(54)56-10)44-34(50)27-18-14-17-26(27)32(48)29(19-25-15-12-11-13-16-25)43-33(49)24(6)46(39(55)57-40(7,8)9)37(53)23(5)42-35(51)28(41)20-47/h11-13,15-16,21-24,26-31,47H,14,17-20,41H2,1-10H3,(H,42,51)(H,43,49)(H,44,50)(H,45,52)/t23-,24-,26?,27+,28-,29?,30+,31?/m0/s1. The molecule has 0 saturated heterocycles. The molecular formula is C40H62N6O11. The first-order valence-corrected chi connectivity index (χ1v) is 19.3. The molecule has 7 N–H and O–H groups in total. The van der Waals surface area contributed by atoms with Crippen LogP contribution < -0.4 is 27.0 Å². The van der Waals surface area contributed by atoms with Crippen molar-refractivity contribution in [2.24, 2.45) is 29.4 Å². The van der Waals surface area contributed by atoms with Gasteiger partial charge in [0.25, 0.3) is 5.91 Å². The predicted octanol–water partition coefficient (Wildman–Crippen LogP) is 1.13. The molecule has 0 bridgehead atoms. The van der Waals surface area contributed by atoms with E-state index in [4.69, 9.17) is 15.2 Å². The molecule has 318 valence electrons. The molecule has 0 radical (unpaired) electrons. The number of rotatable bonds is 18. The molecule has 1 aromatic rings. The van der Waals surface area contributed by atoms with Gasteiger partial charge in [-0.1, -0.05) is 64.4 Å². The molecule has 8 atom stereocenters. The fourth-order valence-corrected chi connectivity index (χ4v) is 6.44. The number of amides is 6. The molecule has 17 nitrogen and oxygen atoms in total. The summed E-state index contributed by atoms with van der Waals surface area (Å²) in [5, 5.41) is 19.8. The van der Waals surface area contributed by atoms with Gasteiger partial charge in [0.1, 0.15) is 35.8 Å². The number of esters is 1. The molecular weight excluding hydrogens is 740 g/mol. The highest BCUT2D eigenvalue weighted by Gasteiger charge is 2.44. The molecule has 1 aromatic carbocycles. The number of ketones is 1. The van der Waals surface area contributed by atoms with Gasteiger partial charge in [0.05, 0.1) is 19.8 Å². The molecule has 0 aromatic heterocycles. The molecule has 0 aliphatic heterocycles. The second kappa shape index (κ2) is 21.6. The number of ether oxygens (including phenoxy) is 2. The summed E-state index contributed by atoms with van der Waals surface area (Å²) < 4.78 is 10.3. The molecule has 57 heavy (non-hydrogen) atoms. The van der Waals surface area contributed by atoms with Gasteiger partial charge in [0, 0.05) is 11.8 Å². The Hall–Kier alpha value is -4.90. The minimum atomic E-state index is -1.56. The van der Waals surface area contributed by atoms with Crippen LogP contribution in [0.5, 0.6) is 0 Å². The molecule has 3 unspecified atom stereocenters. The Morgan fingerprint density at radius 1 is 0.807 bits per heavy atom. The van der Waals surface area contributed by atoms with Crippen LogP contribution in [0.15, 0.2) is 30.3 Å². The van der Waals surface area contributed by atoms with E-state index in [-0.39, 0.29) is 18.3 Å². The van der Waals surface area contributed by atoms with Crippen molar-refractivity contribution in [3.63, 3.8) is 0 Å². The van der Waals surface area contributed by atoms with Crippen LogP contribution in [0.25, 0.3) is 0 Å². The molecule has 0 heterocycles. The van der Waals surface area contributed by atoms with E-state index in [2.05, 4.69) is 21.3 Å². The van der Waals surface area contributed by atoms with Crippen LogP contribution in [-0.4, -0.2) is 113 Å². The quantitative estimate of drug-likeness (QED) is 0.114. The van der Waals surface area contributed by atoms with Gasteiger partial charge in [0.2, 0.25) is 23.6 Å². The molecule has 2 rings (SSSR count). The number of aliphatic hydroxyl groups is 1. The lowest BCUT2D eigenvalue weighted by atomic mass is 9.85. The average Bonchev–Trinajstić information content (AvgIpc) is 3.64. The van der Waals surface area contributed by atoms with E-state index >= 15 is 0 Å². The van der Waals surface area contributed by atoms with Crippen molar-refractivity contribution in [2.75, 3.05) is 13.7 Å². The second-order valence-corrected chi connectivity index (χ2v) is 16.2. The zero-order valence-electron chi connectivity index (χ0n) is 34.8. The van der Waals surface area contributed by atoms with Crippen LogP contribution in [0, 0.1) is 23.7 Å². The van der Waals surface area contributed by atoms with Crippen molar-refractivity contribution < 1.29 is 52.9 Å². The maximum absolute atomic E-state index is 14.5. The van der Waals surface area contributed by atoms with Gasteiger partial charge >= 0.3 is 12.1 Å². The zero-order valence-corrected chi connectivity index (χ0v) is 34.8. The Bertz CT molecular complexity index is 1600. The van der Waals surface area contributed by atoms with Crippen molar-refractivity contribution in [1.29, 1.82) is 0 Å². The number of aliphatic hydroxyl groups excluding tert-OH is 1. The van der Waals surface area contributed by atoms with E-state index in [1.807, 2.05) is 0 Å². The van der Waals surface area contributed by atoms with E-state index in [1.165, 1.54) is 21.0 Å². The predicted molar refractivity (Wildman–Crippen MR) is 209 cm³/mol. The summed E-state index contributed by atoms with van der Waals surface area (Å²) in [6.45, 7) is 13.5. The topological polar surface area (TPSA) is 253 Å². The summed E-state index contributed by atoms with van der Waals surface area (Å²) in [5.74, 6) is -7.38. The van der Waals surface area contributed by atoms with Gasteiger partial charge in [0.15, 0.2) is 5.78 Å². The fourth-order valence-electron chi connectivity index (χ4n) is 6.44. The minimum absolute atomic E-state index is 0.00993. The smallest absolute Gasteiger partial charge is 0.417 e. The molecule has 1 aliphatic carbocycles. The molecule has 6 amide bonds. The highest BCUT2D eigenvalue weighted by atomic mass is 16.6. The number of imide groups is 1. The molecule has 1 fully saturated rings. The van der Waals surface area contributed by atoms with Crippen LogP contribution >= 0.6 is 0 Å². The summed E-state index contributed by atoms with van der Waals surface area (Å²) in [5.41, 5.74) is 5.17. The lowest BCUT2D eigenvalue weighted by Gasteiger charge is -2.33. The van der Waals surface area contributed by atoms with E-state index in [0.717, 1.165) is 0 Å². The van der Waals surface area contributed by atoms with Gasteiger partial charge in [-0.15, -0.1) is 0 Å². The number of carbonyl (C=O) groups is 8. The number of nitrogens with two attached hydrogens (primary N) is 1.